The van der Waals surface area contributed by atoms with Crippen LogP contribution in [0.25, 0.3) is 0 Å². The van der Waals surface area contributed by atoms with Gasteiger partial charge in [0.25, 0.3) is 0 Å². The molecule has 26 heavy (non-hydrogen) atoms. The van der Waals surface area contributed by atoms with Crippen LogP contribution >= 0.6 is 12.2 Å². The van der Waals surface area contributed by atoms with E-state index in [9.17, 15) is 0 Å². The Balaban J connectivity index is 1.52. The summed E-state index contributed by atoms with van der Waals surface area (Å²) in [6.45, 7) is 2.39. The predicted octanol–water partition coefficient (Wildman–Crippen LogP) is 1.66. The Morgan fingerprint density at radius 2 is 1.88 bits per heavy atom. The molecule has 138 valence electrons. The van der Waals surface area contributed by atoms with E-state index in [4.69, 9.17) is 22.7 Å². The van der Waals surface area contributed by atoms with Crippen LogP contribution in [0.3, 0.4) is 0 Å². The number of nitrogens with one attached hydrogen (secondary N) is 2. The summed E-state index contributed by atoms with van der Waals surface area (Å²) in [6, 6.07) is 14.2. The molecule has 1 heterocycles. The number of aromatic nitrogens is 1. The number of benzene rings is 1. The maximum absolute atomic E-state index is 5.81. The van der Waals surface area contributed by atoms with E-state index in [-0.39, 0.29) is 5.96 Å². The summed E-state index contributed by atoms with van der Waals surface area (Å²) >= 11 is 5.19. The molecule has 0 aliphatic rings. The first-order valence-corrected chi connectivity index (χ1v) is 9.00. The second kappa shape index (κ2) is 11.9. The SMILES string of the molecule is NC(=NCCOCCc1ccccc1)NC(=S)NCCc1cccnc1. The van der Waals surface area contributed by atoms with Crippen LogP contribution in [0.1, 0.15) is 11.1 Å². The van der Waals surface area contributed by atoms with Gasteiger partial charge in [0.15, 0.2) is 11.1 Å². The van der Waals surface area contributed by atoms with Crippen LogP contribution < -0.4 is 16.4 Å². The molecule has 6 nitrogen and oxygen atoms in total. The Morgan fingerprint density at radius 3 is 2.65 bits per heavy atom. The molecule has 0 radical (unpaired) electrons. The van der Waals surface area contributed by atoms with Crippen LogP contribution in [0.4, 0.5) is 0 Å². The summed E-state index contributed by atoms with van der Waals surface area (Å²) in [5.41, 5.74) is 8.22. The summed E-state index contributed by atoms with van der Waals surface area (Å²) in [6.07, 6.45) is 5.32. The van der Waals surface area contributed by atoms with Crippen molar-refractivity contribution in [2.75, 3.05) is 26.3 Å². The highest BCUT2D eigenvalue weighted by atomic mass is 32.1. The average molecular weight is 372 g/mol. The lowest BCUT2D eigenvalue weighted by molar-refractivity contribution is 0.145. The quantitative estimate of drug-likeness (QED) is 0.269. The summed E-state index contributed by atoms with van der Waals surface area (Å²) in [7, 11) is 0. The molecular weight excluding hydrogens is 346 g/mol. The lowest BCUT2D eigenvalue weighted by Crippen LogP contribution is -2.43. The number of nitrogens with zero attached hydrogens (tertiary/aromatic N) is 2. The van der Waals surface area contributed by atoms with E-state index in [0.717, 1.165) is 18.4 Å². The number of aliphatic imine (C=N–C) groups is 1. The van der Waals surface area contributed by atoms with Gasteiger partial charge in [-0.25, -0.2) is 0 Å². The summed E-state index contributed by atoms with van der Waals surface area (Å²) in [5.74, 6) is 0.288. The molecule has 0 saturated carbocycles. The van der Waals surface area contributed by atoms with E-state index < -0.39 is 0 Å². The summed E-state index contributed by atoms with van der Waals surface area (Å²) in [5, 5.41) is 6.41. The molecule has 7 heteroatoms. The first-order chi connectivity index (χ1) is 12.7. The van der Waals surface area contributed by atoms with Crippen molar-refractivity contribution in [3.63, 3.8) is 0 Å². The van der Waals surface area contributed by atoms with E-state index in [0.29, 0.717) is 31.4 Å². The van der Waals surface area contributed by atoms with Crippen molar-refractivity contribution < 1.29 is 4.74 Å². The van der Waals surface area contributed by atoms with Gasteiger partial charge in [0.05, 0.1) is 19.8 Å². The molecule has 4 N–H and O–H groups in total. The van der Waals surface area contributed by atoms with Crippen LogP contribution in [0.5, 0.6) is 0 Å². The number of pyridine rings is 1. The fourth-order valence-corrected chi connectivity index (χ4v) is 2.44. The van der Waals surface area contributed by atoms with E-state index in [1.807, 2.05) is 36.5 Å². The van der Waals surface area contributed by atoms with Gasteiger partial charge in [-0.1, -0.05) is 36.4 Å². The second-order valence-corrected chi connectivity index (χ2v) is 6.02. The molecule has 0 bridgehead atoms. The highest BCUT2D eigenvalue weighted by Gasteiger charge is 1.99. The molecule has 2 aromatic rings. The fraction of sp³-hybridized carbons (Fsp3) is 0.316. The molecule has 0 aliphatic heterocycles. The first-order valence-electron chi connectivity index (χ1n) is 8.59. The van der Waals surface area contributed by atoms with Crippen molar-refractivity contribution in [1.29, 1.82) is 0 Å². The van der Waals surface area contributed by atoms with E-state index >= 15 is 0 Å². The van der Waals surface area contributed by atoms with E-state index in [1.54, 1.807) is 6.20 Å². The van der Waals surface area contributed by atoms with Crippen molar-refractivity contribution in [3.05, 3.63) is 66.0 Å². The third-order valence-corrected chi connectivity index (χ3v) is 3.81. The van der Waals surface area contributed by atoms with Crippen LogP contribution in [-0.4, -0.2) is 42.4 Å². The predicted molar refractivity (Wildman–Crippen MR) is 109 cm³/mol. The van der Waals surface area contributed by atoms with E-state index in [2.05, 4.69) is 32.7 Å². The zero-order chi connectivity index (χ0) is 18.5. The van der Waals surface area contributed by atoms with Crippen molar-refractivity contribution in [2.45, 2.75) is 12.8 Å². The Hall–Kier alpha value is -2.51. The number of rotatable bonds is 9. The van der Waals surface area contributed by atoms with Gasteiger partial charge in [0, 0.05) is 18.9 Å². The number of hydrogen-bond donors (Lipinski definition) is 3. The molecule has 0 spiro atoms. The Bertz CT molecular complexity index is 679. The highest BCUT2D eigenvalue weighted by molar-refractivity contribution is 7.80. The Morgan fingerprint density at radius 1 is 1.08 bits per heavy atom. The third-order valence-electron chi connectivity index (χ3n) is 3.56. The lowest BCUT2D eigenvalue weighted by atomic mass is 10.2. The monoisotopic (exact) mass is 371 g/mol. The van der Waals surface area contributed by atoms with Crippen LogP contribution in [0, 0.1) is 0 Å². The maximum Gasteiger partial charge on any atom is 0.194 e. The fourth-order valence-electron chi connectivity index (χ4n) is 2.23. The molecule has 1 aromatic carbocycles. The standard InChI is InChI=1S/C19H25N5OS/c20-18(22-12-14-25-13-9-16-5-2-1-3-6-16)24-19(26)23-11-8-17-7-4-10-21-15-17/h1-7,10,15H,8-9,11-14H2,(H4,20,22,23,24,26). The van der Waals surface area contributed by atoms with Crippen molar-refractivity contribution in [3.8, 4) is 0 Å². The maximum atomic E-state index is 5.81. The van der Waals surface area contributed by atoms with E-state index in [1.165, 1.54) is 5.56 Å². The van der Waals surface area contributed by atoms with Crippen molar-refractivity contribution in [1.82, 2.24) is 15.6 Å². The zero-order valence-electron chi connectivity index (χ0n) is 14.7. The number of ether oxygens (including phenoxy) is 1. The molecule has 0 unspecified atom stereocenters. The Labute approximate surface area is 159 Å². The number of guanidine groups is 1. The molecule has 0 atom stereocenters. The number of nitrogens with two attached hydrogens (primary N) is 1. The van der Waals surface area contributed by atoms with Crippen molar-refractivity contribution in [2.24, 2.45) is 10.7 Å². The van der Waals surface area contributed by atoms with Gasteiger partial charge in [-0.15, -0.1) is 0 Å². The van der Waals surface area contributed by atoms with Gasteiger partial charge in [-0.05, 0) is 42.3 Å². The average Bonchev–Trinajstić information content (AvgIpc) is 2.66. The minimum absolute atomic E-state index is 0.288. The summed E-state index contributed by atoms with van der Waals surface area (Å²) in [4.78, 5) is 8.27. The van der Waals surface area contributed by atoms with Gasteiger partial charge in [0.1, 0.15) is 0 Å². The van der Waals surface area contributed by atoms with Crippen LogP contribution in [0.15, 0.2) is 59.9 Å². The highest BCUT2D eigenvalue weighted by Crippen LogP contribution is 1.99. The van der Waals surface area contributed by atoms with Gasteiger partial charge in [-0.3, -0.25) is 9.98 Å². The summed E-state index contributed by atoms with van der Waals surface area (Å²) < 4.78 is 5.56. The number of thiocarbonyl (C=S) groups is 1. The van der Waals surface area contributed by atoms with Crippen LogP contribution in [0.2, 0.25) is 0 Å². The van der Waals surface area contributed by atoms with Gasteiger partial charge < -0.3 is 21.1 Å². The Kier molecular flexibility index (Phi) is 9.10. The molecule has 0 fully saturated rings. The molecular formula is C19H25N5OS. The second-order valence-electron chi connectivity index (χ2n) is 5.61. The molecule has 1 aromatic heterocycles. The molecule has 0 saturated heterocycles. The molecule has 0 amide bonds. The number of hydrogen-bond acceptors (Lipinski definition) is 4. The van der Waals surface area contributed by atoms with Gasteiger partial charge in [0.2, 0.25) is 0 Å². The minimum atomic E-state index is 0.288. The third kappa shape index (κ3) is 8.55. The largest absolute Gasteiger partial charge is 0.379 e. The molecule has 2 rings (SSSR count). The lowest BCUT2D eigenvalue weighted by Gasteiger charge is -2.10. The molecule has 0 aliphatic carbocycles. The van der Waals surface area contributed by atoms with Gasteiger partial charge in [-0.2, -0.15) is 0 Å². The van der Waals surface area contributed by atoms with Crippen LogP contribution in [-0.2, 0) is 17.6 Å². The minimum Gasteiger partial charge on any atom is -0.379 e. The van der Waals surface area contributed by atoms with Gasteiger partial charge >= 0.3 is 0 Å². The zero-order valence-corrected chi connectivity index (χ0v) is 15.5. The smallest absolute Gasteiger partial charge is 0.194 e. The van der Waals surface area contributed by atoms with Crippen molar-refractivity contribution >= 4 is 23.3 Å². The topological polar surface area (TPSA) is 84.6 Å². The normalized spacial score (nSPS) is 11.2. The first kappa shape index (κ1) is 19.8.